The first-order chi connectivity index (χ1) is 11.6. The molecule has 0 bridgehead atoms. The lowest BCUT2D eigenvalue weighted by molar-refractivity contribution is 0.353. The zero-order valence-electron chi connectivity index (χ0n) is 14.1. The number of methoxy groups -OCH3 is 2. The molecule has 0 unspecified atom stereocenters. The van der Waals surface area contributed by atoms with E-state index >= 15 is 0 Å². The average molecular weight is 328 g/mol. The fourth-order valence-electron chi connectivity index (χ4n) is 2.32. The quantitative estimate of drug-likeness (QED) is 0.742. The molecule has 0 spiro atoms. The summed E-state index contributed by atoms with van der Waals surface area (Å²) in [7, 11) is 3.08. The fraction of sp³-hybridized carbons (Fsp3) is 0.375. The van der Waals surface area contributed by atoms with Gasteiger partial charge in [-0.25, -0.2) is 15.0 Å². The predicted molar refractivity (Wildman–Crippen MR) is 90.4 cm³/mol. The second kappa shape index (κ2) is 6.69. The van der Waals surface area contributed by atoms with Gasteiger partial charge < -0.3 is 14.8 Å². The maximum atomic E-state index is 5.37. The summed E-state index contributed by atoms with van der Waals surface area (Å²) in [6.45, 7) is 5.11. The standard InChI is InChI=1S/C16H20N6O2/c1-10(2)7-18-13-14-19-9-12(22(14)6-5-17-13)11-8-20-16(24-4)21-15(11)23-3/h5-6,8-10H,7H2,1-4H3,(H,17,18). The Morgan fingerprint density at radius 2 is 1.96 bits per heavy atom. The van der Waals surface area contributed by atoms with Crippen LogP contribution in [0.3, 0.4) is 0 Å². The van der Waals surface area contributed by atoms with Gasteiger partial charge in [0.2, 0.25) is 5.88 Å². The van der Waals surface area contributed by atoms with E-state index in [0.717, 1.165) is 29.3 Å². The summed E-state index contributed by atoms with van der Waals surface area (Å²) in [5.41, 5.74) is 2.29. The van der Waals surface area contributed by atoms with Crippen molar-refractivity contribution >= 4 is 11.5 Å². The number of aromatic nitrogens is 5. The van der Waals surface area contributed by atoms with Crippen LogP contribution in [0.15, 0.2) is 24.8 Å². The van der Waals surface area contributed by atoms with E-state index in [-0.39, 0.29) is 6.01 Å². The van der Waals surface area contributed by atoms with Crippen LogP contribution in [0.1, 0.15) is 13.8 Å². The van der Waals surface area contributed by atoms with Crippen molar-refractivity contribution in [2.45, 2.75) is 13.8 Å². The first-order valence-corrected chi connectivity index (χ1v) is 7.65. The Hall–Kier alpha value is -2.90. The maximum absolute atomic E-state index is 5.37. The summed E-state index contributed by atoms with van der Waals surface area (Å²) in [6, 6.07) is 0.255. The lowest BCUT2D eigenvalue weighted by Gasteiger charge is -2.10. The minimum absolute atomic E-state index is 0.255. The smallest absolute Gasteiger partial charge is 0.319 e. The Morgan fingerprint density at radius 1 is 1.12 bits per heavy atom. The molecule has 0 radical (unpaired) electrons. The second-order valence-corrected chi connectivity index (χ2v) is 5.67. The summed E-state index contributed by atoms with van der Waals surface area (Å²) in [6.07, 6.45) is 7.00. The molecule has 24 heavy (non-hydrogen) atoms. The number of nitrogens with one attached hydrogen (secondary N) is 1. The number of imidazole rings is 1. The van der Waals surface area contributed by atoms with E-state index in [4.69, 9.17) is 9.47 Å². The van der Waals surface area contributed by atoms with Crippen molar-refractivity contribution in [3.8, 4) is 23.1 Å². The Kier molecular flexibility index (Phi) is 4.45. The largest absolute Gasteiger partial charge is 0.480 e. The van der Waals surface area contributed by atoms with E-state index in [2.05, 4.69) is 39.1 Å². The van der Waals surface area contributed by atoms with Crippen molar-refractivity contribution in [3.05, 3.63) is 24.8 Å². The molecule has 3 rings (SSSR count). The number of rotatable bonds is 6. The average Bonchev–Trinajstić information content (AvgIpc) is 3.03. The topological polar surface area (TPSA) is 86.5 Å². The zero-order chi connectivity index (χ0) is 17.1. The van der Waals surface area contributed by atoms with E-state index < -0.39 is 0 Å². The fourth-order valence-corrected chi connectivity index (χ4v) is 2.32. The molecule has 8 nitrogen and oxygen atoms in total. The second-order valence-electron chi connectivity index (χ2n) is 5.67. The van der Waals surface area contributed by atoms with Crippen LogP contribution in [0.5, 0.6) is 11.9 Å². The SMILES string of the molecule is COc1ncc(-c2cnc3c(NCC(C)C)nccn23)c(OC)n1. The molecule has 0 fully saturated rings. The molecule has 0 aliphatic carbocycles. The van der Waals surface area contributed by atoms with Crippen LogP contribution in [0.2, 0.25) is 0 Å². The van der Waals surface area contributed by atoms with Crippen LogP contribution in [-0.2, 0) is 0 Å². The third-order valence-corrected chi connectivity index (χ3v) is 3.49. The number of fused-ring (bicyclic) bond motifs is 1. The van der Waals surface area contributed by atoms with Gasteiger partial charge in [0.1, 0.15) is 0 Å². The number of ether oxygens (including phenoxy) is 2. The number of hydrogen-bond donors (Lipinski definition) is 1. The number of anilines is 1. The highest BCUT2D eigenvalue weighted by Gasteiger charge is 2.16. The Bertz CT molecular complexity index is 846. The summed E-state index contributed by atoms with van der Waals surface area (Å²) >= 11 is 0. The molecule has 8 heteroatoms. The maximum Gasteiger partial charge on any atom is 0.319 e. The normalized spacial score (nSPS) is 11.0. The molecule has 0 aromatic carbocycles. The zero-order valence-corrected chi connectivity index (χ0v) is 14.1. The van der Waals surface area contributed by atoms with Gasteiger partial charge in [-0.3, -0.25) is 4.40 Å². The van der Waals surface area contributed by atoms with Crippen molar-refractivity contribution in [3.63, 3.8) is 0 Å². The van der Waals surface area contributed by atoms with E-state index in [1.165, 1.54) is 7.11 Å². The van der Waals surface area contributed by atoms with Crippen LogP contribution < -0.4 is 14.8 Å². The van der Waals surface area contributed by atoms with Crippen molar-refractivity contribution in [1.29, 1.82) is 0 Å². The molecule has 1 N–H and O–H groups in total. The van der Waals surface area contributed by atoms with Crippen LogP contribution >= 0.6 is 0 Å². The summed E-state index contributed by atoms with van der Waals surface area (Å²) in [4.78, 5) is 17.3. The summed E-state index contributed by atoms with van der Waals surface area (Å²) < 4.78 is 12.3. The highest BCUT2D eigenvalue weighted by molar-refractivity contribution is 5.72. The monoisotopic (exact) mass is 328 g/mol. The molecule has 126 valence electrons. The van der Waals surface area contributed by atoms with Gasteiger partial charge in [-0.2, -0.15) is 4.98 Å². The first-order valence-electron chi connectivity index (χ1n) is 7.65. The number of hydrogen-bond acceptors (Lipinski definition) is 7. The first kappa shape index (κ1) is 16.0. The van der Waals surface area contributed by atoms with Gasteiger partial charge in [0.05, 0.1) is 31.7 Å². The summed E-state index contributed by atoms with van der Waals surface area (Å²) in [5.74, 6) is 1.68. The Balaban J connectivity index is 2.07. The molecule has 0 saturated carbocycles. The van der Waals surface area contributed by atoms with Crippen molar-refractivity contribution in [2.75, 3.05) is 26.1 Å². The van der Waals surface area contributed by atoms with E-state index in [1.807, 2.05) is 10.6 Å². The van der Waals surface area contributed by atoms with Gasteiger partial charge in [0.25, 0.3) is 0 Å². The predicted octanol–water partition coefficient (Wildman–Crippen LogP) is 2.27. The van der Waals surface area contributed by atoms with Gasteiger partial charge in [0, 0.05) is 25.1 Å². The minimum Gasteiger partial charge on any atom is -0.480 e. The lowest BCUT2D eigenvalue weighted by atomic mass is 10.2. The molecule has 0 aliphatic rings. The molecule has 3 aromatic heterocycles. The third-order valence-electron chi connectivity index (χ3n) is 3.49. The molecule has 0 aliphatic heterocycles. The van der Waals surface area contributed by atoms with Crippen LogP contribution in [0.4, 0.5) is 5.82 Å². The van der Waals surface area contributed by atoms with E-state index in [9.17, 15) is 0 Å². The van der Waals surface area contributed by atoms with Gasteiger partial charge >= 0.3 is 6.01 Å². The molecule has 0 atom stereocenters. The van der Waals surface area contributed by atoms with Gasteiger partial charge in [-0.1, -0.05) is 13.8 Å². The molecule has 3 heterocycles. The van der Waals surface area contributed by atoms with Gasteiger partial charge in [0.15, 0.2) is 11.5 Å². The Morgan fingerprint density at radius 3 is 2.67 bits per heavy atom. The summed E-state index contributed by atoms with van der Waals surface area (Å²) in [5, 5.41) is 3.32. The van der Waals surface area contributed by atoms with Crippen LogP contribution in [0, 0.1) is 5.92 Å². The van der Waals surface area contributed by atoms with Crippen molar-refractivity contribution < 1.29 is 9.47 Å². The molecular weight excluding hydrogens is 308 g/mol. The van der Waals surface area contributed by atoms with E-state index in [0.29, 0.717) is 11.8 Å². The van der Waals surface area contributed by atoms with Crippen molar-refractivity contribution in [2.24, 2.45) is 5.92 Å². The van der Waals surface area contributed by atoms with Crippen molar-refractivity contribution in [1.82, 2.24) is 24.3 Å². The molecular formula is C16H20N6O2. The lowest BCUT2D eigenvalue weighted by Crippen LogP contribution is -2.10. The third kappa shape index (κ3) is 2.94. The highest BCUT2D eigenvalue weighted by atomic mass is 16.5. The van der Waals surface area contributed by atoms with E-state index in [1.54, 1.807) is 25.7 Å². The van der Waals surface area contributed by atoms with Gasteiger partial charge in [-0.05, 0) is 5.92 Å². The van der Waals surface area contributed by atoms with Crippen LogP contribution in [-0.4, -0.2) is 45.1 Å². The van der Waals surface area contributed by atoms with Gasteiger partial charge in [-0.15, -0.1) is 0 Å². The number of nitrogens with zero attached hydrogens (tertiary/aromatic N) is 5. The Labute approximate surface area is 139 Å². The molecule has 0 saturated heterocycles. The minimum atomic E-state index is 0.255. The molecule has 3 aromatic rings. The van der Waals surface area contributed by atoms with Crippen LogP contribution in [0.25, 0.3) is 16.9 Å². The molecule has 0 amide bonds. The highest BCUT2D eigenvalue weighted by Crippen LogP contribution is 2.30.